The Morgan fingerprint density at radius 2 is 2.24 bits per heavy atom. The molecule has 1 heterocycles. The summed E-state index contributed by atoms with van der Waals surface area (Å²) in [7, 11) is -3.34. The Hall–Kier alpha value is -0.920. The van der Waals surface area contributed by atoms with Gasteiger partial charge < -0.3 is 5.73 Å². The molecule has 0 fully saturated rings. The first-order valence-electron chi connectivity index (χ1n) is 5.68. The van der Waals surface area contributed by atoms with E-state index < -0.39 is 15.3 Å². The lowest BCUT2D eigenvalue weighted by Crippen LogP contribution is -2.44. The zero-order chi connectivity index (χ0) is 12.9. The first kappa shape index (κ1) is 14.1. The summed E-state index contributed by atoms with van der Waals surface area (Å²) in [6, 6.07) is 1.59. The van der Waals surface area contributed by atoms with E-state index in [0.717, 1.165) is 0 Å². The molecule has 0 spiro atoms. The van der Waals surface area contributed by atoms with Gasteiger partial charge in [0.05, 0.1) is 11.8 Å². The Morgan fingerprint density at radius 3 is 2.71 bits per heavy atom. The molecule has 1 aromatic rings. The fourth-order valence-electron chi connectivity index (χ4n) is 1.62. The fourth-order valence-corrected chi connectivity index (χ4v) is 3.14. The van der Waals surface area contributed by atoms with E-state index in [9.17, 15) is 8.42 Å². The van der Waals surface area contributed by atoms with E-state index in [1.165, 1.54) is 0 Å². The van der Waals surface area contributed by atoms with Crippen molar-refractivity contribution in [1.82, 2.24) is 14.5 Å². The van der Waals surface area contributed by atoms with Crippen molar-refractivity contribution in [1.29, 1.82) is 0 Å². The zero-order valence-corrected chi connectivity index (χ0v) is 11.0. The summed E-state index contributed by atoms with van der Waals surface area (Å²) in [6.45, 7) is 4.27. The largest absolute Gasteiger partial charge is 0.329 e. The van der Waals surface area contributed by atoms with Gasteiger partial charge in [-0.3, -0.25) is 4.68 Å². The maximum Gasteiger partial charge on any atom is 0.216 e. The summed E-state index contributed by atoms with van der Waals surface area (Å²) in [5.74, 6) is 0. The topological polar surface area (TPSA) is 90.0 Å². The van der Waals surface area contributed by atoms with Crippen LogP contribution in [0, 0.1) is 0 Å². The van der Waals surface area contributed by atoms with Crippen molar-refractivity contribution in [3.8, 4) is 0 Å². The standard InChI is InChI=1S/C10H20N4O2S/c1-3-10(7-11)17(15,16)13-9(2)8-14-6-4-5-12-14/h4-6,9-10,13H,3,7-8,11H2,1-2H3. The van der Waals surface area contributed by atoms with Crippen molar-refractivity contribution in [3.63, 3.8) is 0 Å². The van der Waals surface area contributed by atoms with Crippen LogP contribution < -0.4 is 10.5 Å². The first-order chi connectivity index (χ1) is 7.99. The molecule has 17 heavy (non-hydrogen) atoms. The fraction of sp³-hybridized carbons (Fsp3) is 0.700. The summed E-state index contributed by atoms with van der Waals surface area (Å²) in [5, 5.41) is 3.50. The van der Waals surface area contributed by atoms with Crippen molar-refractivity contribution in [2.24, 2.45) is 5.73 Å². The Balaban J connectivity index is 2.58. The van der Waals surface area contributed by atoms with E-state index >= 15 is 0 Å². The third-order valence-corrected chi connectivity index (χ3v) is 4.68. The monoisotopic (exact) mass is 260 g/mol. The van der Waals surface area contributed by atoms with Crippen molar-refractivity contribution in [2.45, 2.75) is 38.1 Å². The molecule has 98 valence electrons. The molecule has 0 radical (unpaired) electrons. The van der Waals surface area contributed by atoms with Gasteiger partial charge in [0.1, 0.15) is 0 Å². The second kappa shape index (κ2) is 6.13. The third-order valence-electron chi connectivity index (χ3n) is 2.54. The van der Waals surface area contributed by atoms with Crippen LogP contribution in [-0.4, -0.2) is 36.0 Å². The number of nitrogens with one attached hydrogen (secondary N) is 1. The van der Waals surface area contributed by atoms with Gasteiger partial charge in [0.2, 0.25) is 10.0 Å². The molecule has 0 saturated heterocycles. The molecule has 2 atom stereocenters. The maximum atomic E-state index is 11.9. The van der Waals surface area contributed by atoms with Gasteiger partial charge in [0.25, 0.3) is 0 Å². The van der Waals surface area contributed by atoms with Crippen LogP contribution in [0.1, 0.15) is 20.3 Å². The number of aromatic nitrogens is 2. The zero-order valence-electron chi connectivity index (χ0n) is 10.2. The highest BCUT2D eigenvalue weighted by Crippen LogP contribution is 2.04. The van der Waals surface area contributed by atoms with Gasteiger partial charge in [-0.25, -0.2) is 13.1 Å². The molecule has 0 bridgehead atoms. The highest BCUT2D eigenvalue weighted by molar-refractivity contribution is 7.90. The number of nitrogens with two attached hydrogens (primary N) is 1. The Kier molecular flexibility index (Phi) is 5.10. The number of sulfonamides is 1. The van der Waals surface area contributed by atoms with E-state index in [-0.39, 0.29) is 12.6 Å². The van der Waals surface area contributed by atoms with E-state index in [1.54, 1.807) is 23.1 Å². The lowest BCUT2D eigenvalue weighted by atomic mass is 10.3. The van der Waals surface area contributed by atoms with Gasteiger partial charge in [0.15, 0.2) is 0 Å². The maximum absolute atomic E-state index is 11.9. The second-order valence-electron chi connectivity index (χ2n) is 4.06. The summed E-state index contributed by atoms with van der Waals surface area (Å²) in [5.41, 5.74) is 5.44. The quantitative estimate of drug-likeness (QED) is 0.718. The Labute approximate surface area is 102 Å². The molecule has 3 N–H and O–H groups in total. The van der Waals surface area contributed by atoms with Crippen molar-refractivity contribution < 1.29 is 8.42 Å². The predicted molar refractivity (Wildman–Crippen MR) is 66.9 cm³/mol. The summed E-state index contributed by atoms with van der Waals surface area (Å²) in [6.07, 6.45) is 3.97. The highest BCUT2D eigenvalue weighted by Gasteiger charge is 2.24. The average molecular weight is 260 g/mol. The van der Waals surface area contributed by atoms with E-state index in [2.05, 4.69) is 9.82 Å². The smallest absolute Gasteiger partial charge is 0.216 e. The molecular weight excluding hydrogens is 240 g/mol. The minimum atomic E-state index is -3.34. The molecule has 0 amide bonds. The lowest BCUT2D eigenvalue weighted by Gasteiger charge is -2.19. The van der Waals surface area contributed by atoms with E-state index in [1.807, 2.05) is 13.8 Å². The van der Waals surface area contributed by atoms with Gasteiger partial charge in [0, 0.05) is 25.0 Å². The number of hydrogen-bond acceptors (Lipinski definition) is 4. The number of hydrogen-bond donors (Lipinski definition) is 2. The van der Waals surface area contributed by atoms with Crippen LogP contribution in [0.5, 0.6) is 0 Å². The van der Waals surface area contributed by atoms with Crippen molar-refractivity contribution in [3.05, 3.63) is 18.5 Å². The molecule has 7 heteroatoms. The lowest BCUT2D eigenvalue weighted by molar-refractivity contribution is 0.487. The van der Waals surface area contributed by atoms with Crippen LogP contribution >= 0.6 is 0 Å². The minimum absolute atomic E-state index is 0.139. The first-order valence-corrected chi connectivity index (χ1v) is 7.22. The molecule has 6 nitrogen and oxygen atoms in total. The summed E-state index contributed by atoms with van der Waals surface area (Å²) in [4.78, 5) is 0. The molecule has 0 aliphatic carbocycles. The summed E-state index contributed by atoms with van der Waals surface area (Å²) >= 11 is 0. The van der Waals surface area contributed by atoms with Crippen LogP contribution in [0.25, 0.3) is 0 Å². The number of nitrogens with zero attached hydrogens (tertiary/aromatic N) is 2. The molecule has 1 rings (SSSR count). The van der Waals surface area contributed by atoms with Gasteiger partial charge >= 0.3 is 0 Å². The third kappa shape index (κ3) is 4.10. The number of rotatable bonds is 7. The summed E-state index contributed by atoms with van der Waals surface area (Å²) < 4.78 is 28.1. The van der Waals surface area contributed by atoms with E-state index in [0.29, 0.717) is 13.0 Å². The van der Waals surface area contributed by atoms with Crippen LogP contribution in [-0.2, 0) is 16.6 Å². The molecule has 0 aliphatic rings. The van der Waals surface area contributed by atoms with Crippen LogP contribution in [0.4, 0.5) is 0 Å². The molecule has 0 aromatic carbocycles. The normalized spacial score (nSPS) is 15.7. The van der Waals surface area contributed by atoms with Crippen molar-refractivity contribution >= 4 is 10.0 Å². The predicted octanol–water partition coefficient (Wildman–Crippen LogP) is -0.0717. The minimum Gasteiger partial charge on any atom is -0.329 e. The van der Waals surface area contributed by atoms with Crippen LogP contribution in [0.2, 0.25) is 0 Å². The highest BCUT2D eigenvalue weighted by atomic mass is 32.2. The average Bonchev–Trinajstić information content (AvgIpc) is 2.70. The van der Waals surface area contributed by atoms with Gasteiger partial charge in [-0.05, 0) is 19.4 Å². The second-order valence-corrected chi connectivity index (χ2v) is 6.05. The Bertz CT molecular complexity index is 412. The molecule has 1 aromatic heterocycles. The molecular formula is C10H20N4O2S. The van der Waals surface area contributed by atoms with E-state index in [4.69, 9.17) is 5.73 Å². The molecule has 0 aliphatic heterocycles. The Morgan fingerprint density at radius 1 is 1.53 bits per heavy atom. The molecule has 0 saturated carbocycles. The van der Waals surface area contributed by atoms with Crippen LogP contribution in [0.3, 0.4) is 0 Å². The SMILES string of the molecule is CCC(CN)S(=O)(=O)NC(C)Cn1cccn1. The van der Waals surface area contributed by atoms with Gasteiger partial charge in [-0.15, -0.1) is 0 Å². The van der Waals surface area contributed by atoms with Crippen molar-refractivity contribution in [2.75, 3.05) is 6.54 Å². The van der Waals surface area contributed by atoms with Crippen LogP contribution in [0.15, 0.2) is 18.5 Å². The molecule has 2 unspecified atom stereocenters. The van der Waals surface area contributed by atoms with Gasteiger partial charge in [-0.1, -0.05) is 6.92 Å². The van der Waals surface area contributed by atoms with Gasteiger partial charge in [-0.2, -0.15) is 5.10 Å².